The van der Waals surface area contributed by atoms with Crippen LogP contribution in [0, 0.1) is 0 Å². The molecule has 1 rings (SSSR count). The van der Waals surface area contributed by atoms with Crippen molar-refractivity contribution < 1.29 is 0 Å². The molecule has 1 saturated carbocycles. The van der Waals surface area contributed by atoms with E-state index in [0.29, 0.717) is 12.0 Å². The van der Waals surface area contributed by atoms with Crippen LogP contribution in [0.3, 0.4) is 0 Å². The first-order valence-corrected chi connectivity index (χ1v) is 5.87. The maximum absolute atomic E-state index is 5.71. The lowest BCUT2D eigenvalue weighted by atomic mass is 10.2. The fraction of sp³-hybridized carbons (Fsp3) is 0.889. The average molecular weight is 201 g/mol. The van der Waals surface area contributed by atoms with E-state index >= 15 is 0 Å². The standard InChI is InChI=1S/C9H19N3S/c1-9(2,13-3)6-11-8(10)12-7-4-5-7/h7H,4-6H2,1-3H3,(H3,10,11,12). The predicted octanol–water partition coefficient (Wildman–Crippen LogP) is 1.19. The van der Waals surface area contributed by atoms with E-state index in [0.717, 1.165) is 6.54 Å². The Hall–Kier alpha value is -0.380. The number of guanidine groups is 1. The van der Waals surface area contributed by atoms with Crippen LogP contribution in [0.25, 0.3) is 0 Å². The van der Waals surface area contributed by atoms with Crippen LogP contribution in [-0.2, 0) is 0 Å². The molecule has 3 nitrogen and oxygen atoms in total. The van der Waals surface area contributed by atoms with Gasteiger partial charge in [0.15, 0.2) is 5.96 Å². The molecule has 0 aromatic heterocycles. The zero-order chi connectivity index (χ0) is 9.90. The van der Waals surface area contributed by atoms with E-state index in [1.54, 1.807) is 0 Å². The van der Waals surface area contributed by atoms with Crippen LogP contribution in [-0.4, -0.2) is 29.5 Å². The van der Waals surface area contributed by atoms with Crippen LogP contribution in [0.2, 0.25) is 0 Å². The van der Waals surface area contributed by atoms with Crippen LogP contribution in [0.5, 0.6) is 0 Å². The van der Waals surface area contributed by atoms with Crippen molar-refractivity contribution in [3.05, 3.63) is 0 Å². The Balaban J connectivity index is 2.27. The number of nitrogens with two attached hydrogens (primary N) is 1. The lowest BCUT2D eigenvalue weighted by molar-refractivity contribution is 0.719. The molecule has 0 amide bonds. The zero-order valence-corrected chi connectivity index (χ0v) is 9.45. The molecule has 0 unspecified atom stereocenters. The van der Waals surface area contributed by atoms with Gasteiger partial charge >= 0.3 is 0 Å². The third-order valence-electron chi connectivity index (χ3n) is 2.11. The second kappa shape index (κ2) is 4.22. The molecule has 1 fully saturated rings. The molecule has 0 aromatic rings. The molecule has 4 heteroatoms. The molecular weight excluding hydrogens is 182 g/mol. The minimum atomic E-state index is 0.190. The summed E-state index contributed by atoms with van der Waals surface area (Å²) in [5, 5.41) is 3.17. The number of nitrogens with zero attached hydrogens (tertiary/aromatic N) is 1. The quantitative estimate of drug-likeness (QED) is 0.531. The molecule has 0 saturated heterocycles. The van der Waals surface area contributed by atoms with E-state index in [2.05, 4.69) is 30.4 Å². The zero-order valence-electron chi connectivity index (χ0n) is 8.63. The van der Waals surface area contributed by atoms with Gasteiger partial charge in [0.05, 0.1) is 6.54 Å². The van der Waals surface area contributed by atoms with Gasteiger partial charge in [0, 0.05) is 10.8 Å². The first-order valence-electron chi connectivity index (χ1n) is 4.65. The Bertz CT molecular complexity index is 197. The molecule has 13 heavy (non-hydrogen) atoms. The molecule has 76 valence electrons. The van der Waals surface area contributed by atoms with Crippen LogP contribution in [0.15, 0.2) is 4.99 Å². The van der Waals surface area contributed by atoms with Crippen LogP contribution in [0.4, 0.5) is 0 Å². The topological polar surface area (TPSA) is 50.4 Å². The number of hydrogen-bond donors (Lipinski definition) is 2. The van der Waals surface area contributed by atoms with Crippen molar-refractivity contribution in [3.63, 3.8) is 0 Å². The highest BCUT2D eigenvalue weighted by atomic mass is 32.2. The van der Waals surface area contributed by atoms with Crippen LogP contribution in [0.1, 0.15) is 26.7 Å². The van der Waals surface area contributed by atoms with Gasteiger partial charge in [0.25, 0.3) is 0 Å². The largest absolute Gasteiger partial charge is 0.370 e. The number of hydrogen-bond acceptors (Lipinski definition) is 2. The SMILES string of the molecule is CSC(C)(C)CN=C(N)NC1CC1. The molecule has 0 aromatic carbocycles. The highest BCUT2D eigenvalue weighted by Gasteiger charge is 2.22. The van der Waals surface area contributed by atoms with Crippen molar-refractivity contribution in [1.29, 1.82) is 0 Å². The summed E-state index contributed by atoms with van der Waals surface area (Å²) in [5.74, 6) is 0.602. The average Bonchev–Trinajstić information content (AvgIpc) is 2.85. The summed E-state index contributed by atoms with van der Waals surface area (Å²) in [5.41, 5.74) is 5.71. The molecule has 0 aliphatic heterocycles. The fourth-order valence-electron chi connectivity index (χ4n) is 0.823. The first kappa shape index (κ1) is 10.7. The van der Waals surface area contributed by atoms with Crippen LogP contribution < -0.4 is 11.1 Å². The van der Waals surface area contributed by atoms with Gasteiger partial charge in [-0.05, 0) is 32.9 Å². The maximum Gasteiger partial charge on any atom is 0.188 e. The second-order valence-corrected chi connectivity index (χ2v) is 5.60. The third-order valence-corrected chi connectivity index (χ3v) is 3.35. The van der Waals surface area contributed by atoms with Crippen molar-refractivity contribution in [2.45, 2.75) is 37.5 Å². The monoisotopic (exact) mass is 201 g/mol. The molecule has 0 radical (unpaired) electrons. The molecule has 0 spiro atoms. The van der Waals surface area contributed by atoms with Crippen LogP contribution >= 0.6 is 11.8 Å². The van der Waals surface area contributed by atoms with E-state index in [-0.39, 0.29) is 4.75 Å². The third kappa shape index (κ3) is 4.41. The van der Waals surface area contributed by atoms with E-state index in [1.165, 1.54) is 12.8 Å². The minimum Gasteiger partial charge on any atom is -0.370 e. The molecule has 0 atom stereocenters. The van der Waals surface area contributed by atoms with Gasteiger partial charge < -0.3 is 11.1 Å². The van der Waals surface area contributed by atoms with Gasteiger partial charge in [-0.25, -0.2) is 0 Å². The summed E-state index contributed by atoms with van der Waals surface area (Å²) in [7, 11) is 0. The Morgan fingerprint density at radius 1 is 1.62 bits per heavy atom. The predicted molar refractivity (Wildman–Crippen MR) is 60.2 cm³/mol. The molecule has 1 aliphatic rings. The molecule has 1 aliphatic carbocycles. The number of thioether (sulfide) groups is 1. The smallest absolute Gasteiger partial charge is 0.188 e. The van der Waals surface area contributed by atoms with E-state index in [9.17, 15) is 0 Å². The lowest BCUT2D eigenvalue weighted by Gasteiger charge is -2.19. The van der Waals surface area contributed by atoms with Gasteiger partial charge in [0.2, 0.25) is 0 Å². The van der Waals surface area contributed by atoms with Crippen molar-refractivity contribution >= 4 is 17.7 Å². The molecule has 0 heterocycles. The Kier molecular flexibility index (Phi) is 3.47. The Labute approximate surface area is 84.6 Å². The van der Waals surface area contributed by atoms with Crippen molar-refractivity contribution in [1.82, 2.24) is 5.32 Å². The van der Waals surface area contributed by atoms with Gasteiger partial charge in [-0.15, -0.1) is 0 Å². The Morgan fingerprint density at radius 2 is 2.23 bits per heavy atom. The van der Waals surface area contributed by atoms with Crippen molar-refractivity contribution in [3.8, 4) is 0 Å². The summed E-state index contributed by atoms with van der Waals surface area (Å²) >= 11 is 1.81. The lowest BCUT2D eigenvalue weighted by Crippen LogP contribution is -2.34. The normalized spacial score (nSPS) is 18.8. The summed E-state index contributed by atoms with van der Waals surface area (Å²) in [6.07, 6.45) is 4.57. The van der Waals surface area contributed by atoms with Gasteiger partial charge in [-0.3, -0.25) is 4.99 Å². The summed E-state index contributed by atoms with van der Waals surface area (Å²) < 4.78 is 0.190. The molecule has 0 bridgehead atoms. The second-order valence-electron chi connectivity index (χ2n) is 4.08. The maximum atomic E-state index is 5.71. The molecular formula is C9H19N3S. The van der Waals surface area contributed by atoms with Gasteiger partial charge in [-0.1, -0.05) is 0 Å². The highest BCUT2D eigenvalue weighted by molar-refractivity contribution is 7.99. The van der Waals surface area contributed by atoms with E-state index in [1.807, 2.05) is 11.8 Å². The van der Waals surface area contributed by atoms with E-state index < -0.39 is 0 Å². The molecule has 3 N–H and O–H groups in total. The minimum absolute atomic E-state index is 0.190. The number of rotatable bonds is 4. The summed E-state index contributed by atoms with van der Waals surface area (Å²) in [6.45, 7) is 5.12. The summed E-state index contributed by atoms with van der Waals surface area (Å²) in [4.78, 5) is 4.31. The first-order chi connectivity index (χ1) is 6.03. The van der Waals surface area contributed by atoms with Gasteiger partial charge in [0.1, 0.15) is 0 Å². The van der Waals surface area contributed by atoms with Crippen molar-refractivity contribution in [2.24, 2.45) is 10.7 Å². The fourth-order valence-corrected chi connectivity index (χ4v) is 1.02. The Morgan fingerprint density at radius 3 is 2.69 bits per heavy atom. The van der Waals surface area contributed by atoms with E-state index in [4.69, 9.17) is 5.73 Å². The summed E-state index contributed by atoms with van der Waals surface area (Å²) in [6, 6.07) is 0.598. The van der Waals surface area contributed by atoms with Gasteiger partial charge in [-0.2, -0.15) is 11.8 Å². The number of nitrogens with one attached hydrogen (secondary N) is 1. The van der Waals surface area contributed by atoms with Crippen molar-refractivity contribution in [2.75, 3.05) is 12.8 Å². The highest BCUT2D eigenvalue weighted by Crippen LogP contribution is 2.21. The number of aliphatic imine (C=N–C) groups is 1.